The first-order valence-electron chi connectivity index (χ1n) is 27.2. The van der Waals surface area contributed by atoms with Crippen molar-refractivity contribution in [2.45, 2.75) is 135 Å². The van der Waals surface area contributed by atoms with Gasteiger partial charge < -0.3 is 50.6 Å². The summed E-state index contributed by atoms with van der Waals surface area (Å²) in [6.07, 6.45) is 3.57. The molecule has 8 rings (SSSR count). The first kappa shape index (κ1) is 59.5. The number of nitrogens with zero attached hydrogens (tertiary/aromatic N) is 4. The van der Waals surface area contributed by atoms with Gasteiger partial charge in [-0.1, -0.05) is 43.7 Å². The number of amides is 8. The highest BCUT2D eigenvalue weighted by Gasteiger charge is 2.46. The molecule has 0 spiro atoms. The van der Waals surface area contributed by atoms with E-state index in [-0.39, 0.29) is 55.6 Å². The number of esters is 2. The highest BCUT2D eigenvalue weighted by molar-refractivity contribution is 6.12. The van der Waals surface area contributed by atoms with Gasteiger partial charge in [-0.2, -0.15) is 0 Å². The summed E-state index contributed by atoms with van der Waals surface area (Å²) in [7, 11) is 1.27. The lowest BCUT2D eigenvalue weighted by Gasteiger charge is -2.31. The van der Waals surface area contributed by atoms with Crippen molar-refractivity contribution in [3.8, 4) is 11.4 Å². The Morgan fingerprint density at radius 2 is 1.59 bits per heavy atom. The zero-order valence-corrected chi connectivity index (χ0v) is 46.5. The number of aromatic nitrogens is 2. The average Bonchev–Trinajstić information content (AvgIpc) is 3.98. The van der Waals surface area contributed by atoms with E-state index in [1.54, 1.807) is 71.0 Å². The highest BCUT2D eigenvalue weighted by atomic mass is 19.1. The van der Waals surface area contributed by atoms with Crippen molar-refractivity contribution in [1.29, 1.82) is 0 Å². The Labute approximate surface area is 470 Å². The number of aryl methyl sites for hydroxylation is 1. The summed E-state index contributed by atoms with van der Waals surface area (Å²) in [5, 5.41) is 25.2. The topological polar surface area (TPSA) is 311 Å². The monoisotopic (exact) mass is 1130 g/mol. The Morgan fingerprint density at radius 3 is 2.28 bits per heavy atom. The van der Waals surface area contributed by atoms with Crippen LogP contribution in [0.4, 0.5) is 4.39 Å². The molecule has 82 heavy (non-hydrogen) atoms. The summed E-state index contributed by atoms with van der Waals surface area (Å²) in [5.74, 6) is -7.32. The standard InChI is InChI=1S/C58H66FN9O14/c1-7-58(80)36-23-42-52-34(28-68(42)54(77)35(36)30-81-56(58)79)51-38(18-17-33-31(2)37(59)24-39(65-52)50(33)51)62-45(71)27-61-53(76)40(22-32-14-10-8-11-15-32)63-44(70)26-60-46(72)29-66(6)55(78)41(25-49(75)82-57(3,4)5)64-43(69)16-12-9-13-21-67-47(73)19-20-48(67)74/h8,10-11,14-15,19-20,23-24,38,40-41,80H,7,9,12-13,16-18,21-22,25-30H2,1-6H3,(H,60,72)(H,61,76)(H,62,71)(H,63,70)(H,64,69)/t38-,40-,41-,58-/m0/s1. The van der Waals surface area contributed by atoms with E-state index in [2.05, 4.69) is 26.6 Å². The van der Waals surface area contributed by atoms with E-state index in [0.717, 1.165) is 9.80 Å². The maximum absolute atomic E-state index is 15.5. The van der Waals surface area contributed by atoms with Crippen LogP contribution in [0.1, 0.15) is 118 Å². The number of rotatable bonds is 22. The molecule has 2 aromatic carbocycles. The van der Waals surface area contributed by atoms with E-state index in [1.807, 2.05) is 0 Å². The maximum atomic E-state index is 15.5. The van der Waals surface area contributed by atoms with E-state index in [0.29, 0.717) is 76.7 Å². The Morgan fingerprint density at radius 1 is 0.890 bits per heavy atom. The van der Waals surface area contributed by atoms with Crippen LogP contribution in [0.25, 0.3) is 22.3 Å². The van der Waals surface area contributed by atoms with Gasteiger partial charge in [-0.15, -0.1) is 0 Å². The van der Waals surface area contributed by atoms with Gasteiger partial charge in [0.1, 0.15) is 30.1 Å². The van der Waals surface area contributed by atoms with Crippen LogP contribution in [-0.4, -0.2) is 135 Å². The number of unbranched alkanes of at least 4 members (excludes halogenated alkanes) is 2. The van der Waals surface area contributed by atoms with Crippen molar-refractivity contribution in [1.82, 2.24) is 45.9 Å². The molecule has 4 aromatic rings. The summed E-state index contributed by atoms with van der Waals surface area (Å²) in [5.41, 5.74) is 0.553. The minimum atomic E-state index is -2.08. The predicted molar refractivity (Wildman–Crippen MR) is 291 cm³/mol. The second-order valence-corrected chi connectivity index (χ2v) is 21.9. The van der Waals surface area contributed by atoms with Gasteiger partial charge >= 0.3 is 11.9 Å². The number of carbonyl (C=O) groups is 10. The van der Waals surface area contributed by atoms with Gasteiger partial charge in [-0.3, -0.25) is 52.8 Å². The molecule has 0 radical (unpaired) electrons. The van der Waals surface area contributed by atoms with Crippen molar-refractivity contribution in [3.05, 3.63) is 110 Å². The van der Waals surface area contributed by atoms with Crippen LogP contribution in [0.5, 0.6) is 0 Å². The smallest absolute Gasteiger partial charge is 0.343 e. The summed E-state index contributed by atoms with van der Waals surface area (Å²) in [6, 6.07) is 8.15. The molecule has 0 unspecified atom stereocenters. The van der Waals surface area contributed by atoms with Crippen LogP contribution < -0.4 is 32.1 Å². The largest absolute Gasteiger partial charge is 0.460 e. The minimum absolute atomic E-state index is 0.0110. The van der Waals surface area contributed by atoms with E-state index < -0.39 is 126 Å². The third kappa shape index (κ3) is 13.1. The lowest BCUT2D eigenvalue weighted by Crippen LogP contribution is -2.53. The molecule has 24 heteroatoms. The molecule has 4 aliphatic rings. The van der Waals surface area contributed by atoms with Crippen LogP contribution in [0.15, 0.2) is 59.4 Å². The fourth-order valence-electron chi connectivity index (χ4n) is 10.7. The summed E-state index contributed by atoms with van der Waals surface area (Å²) in [6.45, 7) is 6.19. The maximum Gasteiger partial charge on any atom is 0.343 e. The zero-order valence-electron chi connectivity index (χ0n) is 46.5. The molecule has 5 heterocycles. The Hall–Kier alpha value is -8.67. The number of hydrogen-bond acceptors (Lipinski definition) is 15. The SMILES string of the molecule is CC[C@@]1(O)C(=O)OCc2c1cc1n(c2=O)Cc2c-1nc1cc(F)c(C)c3c1c2[C@@H](NC(=O)CNC(=O)[C@H](Cc1ccccc1)NC(=O)CNC(=O)CN(C)C(=O)[C@H](CC(=O)OC(C)(C)C)NC(=O)CCCCCN1C(=O)C=CC1=O)CC3. The van der Waals surface area contributed by atoms with Crippen LogP contribution in [-0.2, 0) is 89.0 Å². The number of imide groups is 1. The molecule has 0 bridgehead atoms. The normalized spacial score (nSPS) is 17.4. The molecule has 0 saturated carbocycles. The molecule has 0 fully saturated rings. The molecule has 1 aliphatic carbocycles. The van der Waals surface area contributed by atoms with Crippen molar-refractivity contribution >= 4 is 70.1 Å². The number of halogens is 1. The van der Waals surface area contributed by atoms with Crippen molar-refractivity contribution in [2.24, 2.45) is 0 Å². The number of ether oxygens (including phenoxy) is 2. The predicted octanol–water partition coefficient (Wildman–Crippen LogP) is 1.75. The second kappa shape index (κ2) is 24.6. The molecular formula is C58H66FN9O14. The Kier molecular flexibility index (Phi) is 17.8. The van der Waals surface area contributed by atoms with Gasteiger partial charge in [0.25, 0.3) is 17.4 Å². The van der Waals surface area contributed by atoms with E-state index >= 15 is 4.39 Å². The van der Waals surface area contributed by atoms with E-state index in [1.165, 1.54) is 29.8 Å². The first-order valence-corrected chi connectivity index (χ1v) is 27.2. The van der Waals surface area contributed by atoms with Gasteiger partial charge in [0.2, 0.25) is 35.4 Å². The van der Waals surface area contributed by atoms with Gasteiger partial charge in [0.15, 0.2) is 5.60 Å². The third-order valence-electron chi connectivity index (χ3n) is 14.9. The number of benzene rings is 2. The molecule has 8 amide bonds. The number of nitrogens with one attached hydrogen (secondary N) is 5. The lowest BCUT2D eigenvalue weighted by atomic mass is 9.81. The molecule has 3 aliphatic heterocycles. The number of hydrogen-bond donors (Lipinski definition) is 6. The quantitative estimate of drug-likeness (QED) is 0.0327. The number of fused-ring (bicyclic) bond motifs is 5. The highest BCUT2D eigenvalue weighted by Crippen LogP contribution is 2.46. The molecule has 4 atom stereocenters. The minimum Gasteiger partial charge on any atom is -0.460 e. The third-order valence-corrected chi connectivity index (χ3v) is 14.9. The lowest BCUT2D eigenvalue weighted by molar-refractivity contribution is -0.172. The van der Waals surface area contributed by atoms with Crippen molar-refractivity contribution in [2.75, 3.05) is 33.2 Å². The van der Waals surface area contributed by atoms with Gasteiger partial charge in [-0.25, -0.2) is 14.2 Å². The van der Waals surface area contributed by atoms with E-state index in [4.69, 9.17) is 14.5 Å². The van der Waals surface area contributed by atoms with Gasteiger partial charge in [0, 0.05) is 61.2 Å². The molecule has 23 nitrogen and oxygen atoms in total. The summed E-state index contributed by atoms with van der Waals surface area (Å²) < 4.78 is 27.6. The second-order valence-electron chi connectivity index (χ2n) is 21.9. The summed E-state index contributed by atoms with van der Waals surface area (Å²) >= 11 is 0. The van der Waals surface area contributed by atoms with Crippen LogP contribution >= 0.6 is 0 Å². The van der Waals surface area contributed by atoms with Crippen LogP contribution in [0.2, 0.25) is 0 Å². The molecule has 6 N–H and O–H groups in total. The Balaban J connectivity index is 0.893. The number of aliphatic hydroxyl groups is 1. The van der Waals surface area contributed by atoms with E-state index in [9.17, 15) is 57.8 Å². The van der Waals surface area contributed by atoms with Crippen molar-refractivity contribution in [3.63, 3.8) is 0 Å². The van der Waals surface area contributed by atoms with Gasteiger partial charge in [0.05, 0.1) is 61.1 Å². The average molecular weight is 1130 g/mol. The zero-order chi connectivity index (χ0) is 59.4. The molecule has 0 saturated heterocycles. The van der Waals surface area contributed by atoms with Crippen molar-refractivity contribution < 1.29 is 66.9 Å². The number of carbonyl (C=O) groups excluding carboxylic acids is 10. The number of cyclic esters (lactones) is 1. The number of likely N-dealkylation sites (N-methyl/N-ethyl adjacent to an activating group) is 1. The Bertz CT molecular complexity index is 3370. The number of pyridine rings is 2. The molecule has 434 valence electrons. The molecular weight excluding hydrogens is 1070 g/mol. The first-order chi connectivity index (χ1) is 38.9. The van der Waals surface area contributed by atoms with Crippen LogP contribution in [0, 0.1) is 12.7 Å². The fraction of sp³-hybridized carbons (Fsp3) is 0.448. The summed E-state index contributed by atoms with van der Waals surface area (Å²) in [4.78, 5) is 152. The molecule has 2 aromatic heterocycles. The van der Waals surface area contributed by atoms with Gasteiger partial charge in [-0.05, 0) is 88.1 Å². The van der Waals surface area contributed by atoms with Crippen LogP contribution in [0.3, 0.4) is 0 Å². The fourth-order valence-corrected chi connectivity index (χ4v) is 10.7.